The molecule has 0 saturated carbocycles. The molecule has 2 aromatic rings. The van der Waals surface area contributed by atoms with E-state index in [1.165, 1.54) is 6.08 Å². The molecule has 0 fully saturated rings. The second-order valence-corrected chi connectivity index (χ2v) is 5.11. The van der Waals surface area contributed by atoms with Crippen molar-refractivity contribution in [2.45, 2.75) is 13.2 Å². The molecular weight excluding hydrogens is 320 g/mol. The van der Waals surface area contributed by atoms with E-state index < -0.39 is 12.2 Å². The number of hydrogen-bond donors (Lipinski definition) is 1. The molecule has 2 amide bonds. The number of carbonyl (C=O) groups is 2. The largest absolute Gasteiger partial charge is 0.443 e. The minimum absolute atomic E-state index is 0.0913. The predicted molar refractivity (Wildman–Crippen MR) is 93.3 cm³/mol. The third kappa shape index (κ3) is 6.39. The summed E-state index contributed by atoms with van der Waals surface area (Å²) in [7, 11) is 0. The van der Waals surface area contributed by atoms with E-state index in [1.54, 1.807) is 0 Å². The van der Waals surface area contributed by atoms with Crippen LogP contribution in [0, 0.1) is 0 Å². The highest BCUT2D eigenvalue weighted by molar-refractivity contribution is 5.74. The van der Waals surface area contributed by atoms with Gasteiger partial charge in [0.25, 0.3) is 0 Å². The average molecular weight is 340 g/mol. The van der Waals surface area contributed by atoms with Crippen molar-refractivity contribution >= 4 is 12.2 Å². The Morgan fingerprint density at radius 1 is 0.920 bits per heavy atom. The quantitative estimate of drug-likeness (QED) is 0.644. The molecule has 25 heavy (non-hydrogen) atoms. The highest BCUT2D eigenvalue weighted by atomic mass is 16.6. The van der Waals surface area contributed by atoms with E-state index in [0.29, 0.717) is 0 Å². The van der Waals surface area contributed by atoms with E-state index in [1.807, 2.05) is 60.7 Å². The van der Waals surface area contributed by atoms with Crippen LogP contribution in [0.25, 0.3) is 0 Å². The van der Waals surface area contributed by atoms with E-state index in [-0.39, 0.29) is 19.8 Å². The zero-order chi connectivity index (χ0) is 17.9. The Labute approximate surface area is 146 Å². The van der Waals surface area contributed by atoms with Gasteiger partial charge in [-0.15, -0.1) is 6.58 Å². The van der Waals surface area contributed by atoms with Gasteiger partial charge in [0.1, 0.15) is 13.2 Å². The molecule has 0 radical (unpaired) electrons. The topological polar surface area (TPSA) is 67.9 Å². The first-order valence-electron chi connectivity index (χ1n) is 7.75. The van der Waals surface area contributed by atoms with E-state index in [0.717, 1.165) is 16.1 Å². The van der Waals surface area contributed by atoms with Gasteiger partial charge in [0.15, 0.2) is 0 Å². The molecule has 0 bridgehead atoms. The number of amides is 2. The molecule has 1 N–H and O–H groups in total. The van der Waals surface area contributed by atoms with Gasteiger partial charge < -0.3 is 9.47 Å². The van der Waals surface area contributed by atoms with E-state index in [9.17, 15) is 9.59 Å². The van der Waals surface area contributed by atoms with Crippen LogP contribution >= 0.6 is 0 Å². The van der Waals surface area contributed by atoms with Gasteiger partial charge in [0, 0.05) is 0 Å². The zero-order valence-electron chi connectivity index (χ0n) is 13.8. The Bertz CT molecular complexity index is 689. The van der Waals surface area contributed by atoms with Crippen molar-refractivity contribution in [2.24, 2.45) is 0 Å². The molecule has 130 valence electrons. The van der Waals surface area contributed by atoms with Crippen LogP contribution in [0.15, 0.2) is 73.3 Å². The standard InChI is InChI=1S/C19H20N2O4/c1-2-13-21(19(23)25-15-17-11-7-4-8-12-17)20-18(22)24-14-16-9-5-3-6-10-16/h2-12H,1,13-15H2,(H,20,22). The molecule has 0 aliphatic rings. The summed E-state index contributed by atoms with van der Waals surface area (Å²) in [5, 5.41) is 1.00. The van der Waals surface area contributed by atoms with Crippen LogP contribution in [-0.2, 0) is 22.7 Å². The fourth-order valence-electron chi connectivity index (χ4n) is 1.96. The van der Waals surface area contributed by atoms with Crippen LogP contribution < -0.4 is 5.43 Å². The number of rotatable bonds is 6. The fourth-order valence-corrected chi connectivity index (χ4v) is 1.96. The van der Waals surface area contributed by atoms with Gasteiger partial charge in [-0.3, -0.25) is 0 Å². The molecule has 0 aliphatic carbocycles. The number of carbonyl (C=O) groups excluding carboxylic acids is 2. The molecule has 0 heterocycles. The second kappa shape index (κ2) is 9.77. The molecule has 0 atom stereocenters. The third-order valence-electron chi connectivity index (χ3n) is 3.18. The van der Waals surface area contributed by atoms with Crippen molar-refractivity contribution in [3.63, 3.8) is 0 Å². The van der Waals surface area contributed by atoms with Crippen LogP contribution in [0.2, 0.25) is 0 Å². The SMILES string of the molecule is C=CCN(NC(=O)OCc1ccccc1)C(=O)OCc1ccccc1. The molecular formula is C19H20N2O4. The minimum Gasteiger partial charge on any atom is -0.443 e. The molecule has 0 aliphatic heterocycles. The van der Waals surface area contributed by atoms with Crippen molar-refractivity contribution < 1.29 is 19.1 Å². The van der Waals surface area contributed by atoms with E-state index in [4.69, 9.17) is 9.47 Å². The third-order valence-corrected chi connectivity index (χ3v) is 3.18. The Morgan fingerprint density at radius 2 is 1.44 bits per heavy atom. The van der Waals surface area contributed by atoms with Crippen LogP contribution in [0.4, 0.5) is 9.59 Å². The molecule has 6 heteroatoms. The van der Waals surface area contributed by atoms with Gasteiger partial charge >= 0.3 is 12.2 Å². The maximum Gasteiger partial charge on any atom is 0.429 e. The molecule has 2 rings (SSSR count). The second-order valence-electron chi connectivity index (χ2n) is 5.11. The summed E-state index contributed by atoms with van der Waals surface area (Å²) < 4.78 is 10.3. The minimum atomic E-state index is -0.748. The van der Waals surface area contributed by atoms with Crippen molar-refractivity contribution in [3.8, 4) is 0 Å². The number of nitrogens with one attached hydrogen (secondary N) is 1. The number of hydrazine groups is 1. The highest BCUT2D eigenvalue weighted by Gasteiger charge is 2.17. The van der Waals surface area contributed by atoms with Crippen LogP contribution in [0.1, 0.15) is 11.1 Å². The number of nitrogens with zero attached hydrogens (tertiary/aromatic N) is 1. The fraction of sp³-hybridized carbons (Fsp3) is 0.158. The van der Waals surface area contributed by atoms with Gasteiger partial charge in [-0.25, -0.2) is 20.0 Å². The smallest absolute Gasteiger partial charge is 0.429 e. The van der Waals surface area contributed by atoms with Gasteiger partial charge in [0.05, 0.1) is 6.54 Å². The number of hydrogen-bond acceptors (Lipinski definition) is 4. The predicted octanol–water partition coefficient (Wildman–Crippen LogP) is 3.65. The molecule has 0 aromatic heterocycles. The molecule has 6 nitrogen and oxygen atoms in total. The summed E-state index contributed by atoms with van der Waals surface area (Å²) in [6.45, 7) is 3.86. The lowest BCUT2D eigenvalue weighted by Crippen LogP contribution is -2.46. The van der Waals surface area contributed by atoms with Gasteiger partial charge in [-0.2, -0.15) is 0 Å². The summed E-state index contributed by atoms with van der Waals surface area (Å²) >= 11 is 0. The number of ether oxygens (including phenoxy) is 2. The molecule has 0 spiro atoms. The summed E-state index contributed by atoms with van der Waals surface area (Å²) in [5.41, 5.74) is 4.05. The van der Waals surface area contributed by atoms with Crippen molar-refractivity contribution in [3.05, 3.63) is 84.4 Å². The van der Waals surface area contributed by atoms with Crippen molar-refractivity contribution in [2.75, 3.05) is 6.54 Å². The van der Waals surface area contributed by atoms with Gasteiger partial charge in [-0.05, 0) is 11.1 Å². The summed E-state index contributed by atoms with van der Waals surface area (Å²) in [6, 6.07) is 18.5. The van der Waals surface area contributed by atoms with E-state index in [2.05, 4.69) is 12.0 Å². The molecule has 0 unspecified atom stereocenters. The van der Waals surface area contributed by atoms with Crippen LogP contribution in [-0.4, -0.2) is 23.7 Å². The monoisotopic (exact) mass is 340 g/mol. The summed E-state index contributed by atoms with van der Waals surface area (Å²) in [6.07, 6.45) is 0.0316. The Morgan fingerprint density at radius 3 is 1.96 bits per heavy atom. The normalized spacial score (nSPS) is 9.76. The Balaban J connectivity index is 1.82. The lowest BCUT2D eigenvalue weighted by atomic mass is 10.2. The van der Waals surface area contributed by atoms with Crippen molar-refractivity contribution in [1.82, 2.24) is 10.4 Å². The molecule has 2 aromatic carbocycles. The maximum atomic E-state index is 12.1. The first kappa shape index (κ1) is 18.1. The van der Waals surface area contributed by atoms with Gasteiger partial charge in [-0.1, -0.05) is 66.7 Å². The number of benzene rings is 2. The maximum absolute atomic E-state index is 12.1. The first-order valence-corrected chi connectivity index (χ1v) is 7.75. The Kier molecular flexibility index (Phi) is 7.06. The Hall–Kier alpha value is -3.28. The van der Waals surface area contributed by atoms with Crippen LogP contribution in [0.5, 0.6) is 0 Å². The van der Waals surface area contributed by atoms with E-state index >= 15 is 0 Å². The van der Waals surface area contributed by atoms with Crippen molar-refractivity contribution in [1.29, 1.82) is 0 Å². The highest BCUT2D eigenvalue weighted by Crippen LogP contribution is 2.04. The lowest BCUT2D eigenvalue weighted by molar-refractivity contribution is 0.0689. The summed E-state index contributed by atoms with van der Waals surface area (Å²) in [4.78, 5) is 24.0. The molecule has 0 saturated heterocycles. The average Bonchev–Trinajstić information content (AvgIpc) is 2.66. The first-order chi connectivity index (χ1) is 12.2. The summed E-state index contributed by atoms with van der Waals surface area (Å²) in [5.74, 6) is 0. The lowest BCUT2D eigenvalue weighted by Gasteiger charge is -2.21. The van der Waals surface area contributed by atoms with Gasteiger partial charge in [0.2, 0.25) is 0 Å². The zero-order valence-corrected chi connectivity index (χ0v) is 13.8. The van der Waals surface area contributed by atoms with Crippen LogP contribution in [0.3, 0.4) is 0 Å².